The van der Waals surface area contributed by atoms with Crippen molar-refractivity contribution in [3.05, 3.63) is 58.7 Å². The van der Waals surface area contributed by atoms with Crippen LogP contribution in [0.3, 0.4) is 0 Å². The molecule has 1 N–H and O–H groups in total. The monoisotopic (exact) mass is 434 g/mol. The summed E-state index contributed by atoms with van der Waals surface area (Å²) in [5, 5.41) is 3.53. The van der Waals surface area contributed by atoms with Gasteiger partial charge in [-0.15, -0.1) is 0 Å². The van der Waals surface area contributed by atoms with E-state index in [0.29, 0.717) is 31.2 Å². The second-order valence-corrected chi connectivity index (χ2v) is 9.04. The van der Waals surface area contributed by atoms with Crippen LogP contribution in [0.25, 0.3) is 0 Å². The van der Waals surface area contributed by atoms with E-state index in [2.05, 4.69) is 41.7 Å². The van der Waals surface area contributed by atoms with Crippen LogP contribution in [0.5, 0.6) is 11.5 Å². The average molecular weight is 435 g/mol. The molecule has 3 aliphatic rings. The highest BCUT2D eigenvalue weighted by Crippen LogP contribution is 2.51. The Kier molecular flexibility index (Phi) is 5.87. The molecule has 0 bridgehead atoms. The Morgan fingerprint density at radius 1 is 1.06 bits per heavy atom. The number of nitrogens with one attached hydrogen (secondary N) is 1. The van der Waals surface area contributed by atoms with Gasteiger partial charge in [-0.2, -0.15) is 0 Å². The molecule has 1 saturated carbocycles. The molecule has 2 atom stereocenters. The normalized spacial score (nSPS) is 21.6. The van der Waals surface area contributed by atoms with Crippen molar-refractivity contribution in [1.82, 2.24) is 10.2 Å². The summed E-state index contributed by atoms with van der Waals surface area (Å²) in [6, 6.07) is 12.9. The van der Waals surface area contributed by atoms with Crippen molar-refractivity contribution < 1.29 is 19.1 Å². The van der Waals surface area contributed by atoms with E-state index in [0.717, 1.165) is 50.5 Å². The quantitative estimate of drug-likeness (QED) is 0.485. The first-order valence-electron chi connectivity index (χ1n) is 11.6. The maximum absolute atomic E-state index is 11.9. The van der Waals surface area contributed by atoms with E-state index in [1.165, 1.54) is 27.2 Å². The zero-order chi connectivity index (χ0) is 22.1. The van der Waals surface area contributed by atoms with Crippen LogP contribution in [0.15, 0.2) is 36.4 Å². The minimum Gasteiger partial charge on any atom is -0.496 e. The molecule has 1 aliphatic carbocycles. The summed E-state index contributed by atoms with van der Waals surface area (Å²) in [6.07, 6.45) is 3.72. The second kappa shape index (κ2) is 8.94. The third-order valence-corrected chi connectivity index (χ3v) is 6.87. The summed E-state index contributed by atoms with van der Waals surface area (Å²) in [5.41, 5.74) is 5.03. The number of hydrogen-bond acceptors (Lipinski definition) is 5. The minimum atomic E-state index is -0.0257. The second-order valence-electron chi connectivity index (χ2n) is 9.04. The van der Waals surface area contributed by atoms with E-state index in [-0.39, 0.29) is 11.8 Å². The fourth-order valence-corrected chi connectivity index (χ4v) is 4.92. The number of methoxy groups -OCH3 is 1. The zero-order valence-corrected chi connectivity index (χ0v) is 18.6. The number of fused-ring (bicyclic) bond motifs is 1. The van der Waals surface area contributed by atoms with Crippen LogP contribution >= 0.6 is 0 Å². The maximum Gasteiger partial charge on any atom is 0.229 e. The molecule has 2 aliphatic heterocycles. The number of benzene rings is 2. The van der Waals surface area contributed by atoms with Crippen molar-refractivity contribution in [2.45, 2.75) is 44.6 Å². The van der Waals surface area contributed by atoms with Crippen LogP contribution < -0.4 is 14.8 Å². The fourth-order valence-electron chi connectivity index (χ4n) is 4.92. The molecule has 2 aromatic carbocycles. The van der Waals surface area contributed by atoms with E-state index in [1.807, 2.05) is 0 Å². The van der Waals surface area contributed by atoms with Crippen LogP contribution in [0, 0.1) is 5.92 Å². The third-order valence-electron chi connectivity index (χ3n) is 6.87. The van der Waals surface area contributed by atoms with Crippen LogP contribution in [0.4, 0.5) is 0 Å². The molecular weight excluding hydrogens is 404 g/mol. The molecule has 32 heavy (non-hydrogen) atoms. The molecule has 2 unspecified atom stereocenters. The highest BCUT2D eigenvalue weighted by molar-refractivity contribution is 6.01. The summed E-state index contributed by atoms with van der Waals surface area (Å²) in [6.45, 7) is 3.04. The predicted molar refractivity (Wildman–Crippen MR) is 121 cm³/mol. The number of nitrogens with zero attached hydrogens (tertiary/aromatic N) is 1. The molecule has 5 rings (SSSR count). The first kappa shape index (κ1) is 21.0. The van der Waals surface area contributed by atoms with Crippen LogP contribution in [-0.2, 0) is 29.0 Å². The molecule has 168 valence electrons. The Hall–Kier alpha value is -2.86. The SMILES string of the molecule is COc1cc(CNCCc2ccc3c(c2)CCO3)ccc1C1CC1CN1C(=O)CCC1=O. The van der Waals surface area contributed by atoms with Gasteiger partial charge in [0.1, 0.15) is 11.5 Å². The van der Waals surface area contributed by atoms with Gasteiger partial charge in [0.05, 0.1) is 13.7 Å². The standard InChI is InChI=1S/C26H30N2O4/c1-31-24-13-18(15-27-10-8-17-3-5-23-19(12-17)9-11-32-23)2-4-21(24)22-14-20(22)16-28-25(29)6-7-26(28)30/h2-5,12-13,20,22,27H,6-11,14-16H2,1H3. The molecule has 1 saturated heterocycles. The Morgan fingerprint density at radius 2 is 1.88 bits per heavy atom. The molecule has 6 heteroatoms. The number of likely N-dealkylation sites (tertiary alicyclic amines) is 1. The number of hydrogen-bond donors (Lipinski definition) is 1. The highest BCUT2D eigenvalue weighted by atomic mass is 16.5. The Labute approximate surface area is 188 Å². The molecule has 0 radical (unpaired) electrons. The van der Waals surface area contributed by atoms with Gasteiger partial charge in [0.25, 0.3) is 0 Å². The van der Waals surface area contributed by atoms with Gasteiger partial charge in [-0.25, -0.2) is 0 Å². The van der Waals surface area contributed by atoms with Crippen molar-refractivity contribution >= 4 is 11.8 Å². The first-order valence-corrected chi connectivity index (χ1v) is 11.6. The Bertz CT molecular complexity index is 1020. The van der Waals surface area contributed by atoms with Crippen molar-refractivity contribution in [1.29, 1.82) is 0 Å². The van der Waals surface area contributed by atoms with Crippen molar-refractivity contribution in [3.63, 3.8) is 0 Å². The zero-order valence-electron chi connectivity index (χ0n) is 18.6. The molecule has 0 aromatic heterocycles. The smallest absolute Gasteiger partial charge is 0.229 e. The Morgan fingerprint density at radius 3 is 2.69 bits per heavy atom. The highest BCUT2D eigenvalue weighted by Gasteiger charge is 2.43. The van der Waals surface area contributed by atoms with Crippen molar-refractivity contribution in [2.75, 3.05) is 26.8 Å². The molecular formula is C26H30N2O4. The minimum absolute atomic E-state index is 0.0257. The van der Waals surface area contributed by atoms with Gasteiger partial charge in [0, 0.05) is 32.4 Å². The molecule has 2 fully saturated rings. The summed E-state index contributed by atoms with van der Waals surface area (Å²) >= 11 is 0. The number of amides is 2. The lowest BCUT2D eigenvalue weighted by molar-refractivity contribution is -0.138. The number of carbonyl (C=O) groups is 2. The van der Waals surface area contributed by atoms with E-state index in [1.54, 1.807) is 7.11 Å². The third kappa shape index (κ3) is 4.37. The lowest BCUT2D eigenvalue weighted by Crippen LogP contribution is -2.31. The fraction of sp³-hybridized carbons (Fsp3) is 0.462. The number of ether oxygens (including phenoxy) is 2. The summed E-state index contributed by atoms with van der Waals surface area (Å²) < 4.78 is 11.3. The van der Waals surface area contributed by atoms with E-state index in [4.69, 9.17) is 9.47 Å². The molecule has 2 amide bonds. The van der Waals surface area contributed by atoms with Crippen molar-refractivity contribution in [2.24, 2.45) is 5.92 Å². The lowest BCUT2D eigenvalue weighted by atomic mass is 10.0. The van der Waals surface area contributed by atoms with Crippen molar-refractivity contribution in [3.8, 4) is 11.5 Å². The number of carbonyl (C=O) groups excluding carboxylic acids is 2. The summed E-state index contributed by atoms with van der Waals surface area (Å²) in [4.78, 5) is 25.2. The maximum atomic E-state index is 11.9. The van der Waals surface area contributed by atoms with Gasteiger partial charge >= 0.3 is 0 Å². The molecule has 6 nitrogen and oxygen atoms in total. The van der Waals surface area contributed by atoms with E-state index in [9.17, 15) is 9.59 Å². The Balaban J connectivity index is 1.13. The van der Waals surface area contributed by atoms with Crippen LogP contribution in [0.2, 0.25) is 0 Å². The largest absolute Gasteiger partial charge is 0.496 e. The molecule has 0 spiro atoms. The lowest BCUT2D eigenvalue weighted by Gasteiger charge is -2.15. The van der Waals surface area contributed by atoms with Gasteiger partial charge in [0.15, 0.2) is 0 Å². The van der Waals surface area contributed by atoms with Crippen LogP contribution in [0.1, 0.15) is 47.4 Å². The van der Waals surface area contributed by atoms with Gasteiger partial charge in [-0.05, 0) is 65.6 Å². The topological polar surface area (TPSA) is 67.9 Å². The van der Waals surface area contributed by atoms with Gasteiger partial charge in [-0.1, -0.05) is 24.3 Å². The number of imide groups is 1. The van der Waals surface area contributed by atoms with Crippen LogP contribution in [-0.4, -0.2) is 43.5 Å². The average Bonchev–Trinajstić information content (AvgIpc) is 3.29. The summed E-state index contributed by atoms with van der Waals surface area (Å²) in [7, 11) is 1.71. The van der Waals surface area contributed by atoms with Gasteiger partial charge in [0.2, 0.25) is 11.8 Å². The predicted octanol–water partition coefficient (Wildman–Crippen LogP) is 3.21. The first-order chi connectivity index (χ1) is 15.6. The van der Waals surface area contributed by atoms with Gasteiger partial charge in [-0.3, -0.25) is 14.5 Å². The van der Waals surface area contributed by atoms with E-state index >= 15 is 0 Å². The van der Waals surface area contributed by atoms with E-state index < -0.39 is 0 Å². The van der Waals surface area contributed by atoms with Gasteiger partial charge < -0.3 is 14.8 Å². The molecule has 2 heterocycles. The summed E-state index contributed by atoms with van der Waals surface area (Å²) in [5.74, 6) is 2.58. The number of rotatable bonds is 9. The molecule has 2 aromatic rings.